The summed E-state index contributed by atoms with van der Waals surface area (Å²) in [6.07, 6.45) is 0.954. The molecule has 22 nitrogen and oxygen atoms in total. The van der Waals surface area contributed by atoms with Gasteiger partial charge in [0.1, 0.15) is 48.0 Å². The normalized spacial score (nSPS) is 21.2. The zero-order valence-corrected chi connectivity index (χ0v) is 46.6. The number of benzene rings is 4. The van der Waals surface area contributed by atoms with E-state index in [-0.39, 0.29) is 49.5 Å². The molecule has 0 saturated carbocycles. The molecule has 9 atom stereocenters. The van der Waals surface area contributed by atoms with Crippen LogP contribution in [0.15, 0.2) is 97.2 Å². The number of carbonyl (C=O) groups excluding carboxylic acids is 9. The maximum absolute atomic E-state index is 15.0. The topological polar surface area (TPSA) is 361 Å². The summed E-state index contributed by atoms with van der Waals surface area (Å²) in [6.45, 7) is 6.07. The zero-order valence-electron chi connectivity index (χ0n) is 45.0. The van der Waals surface area contributed by atoms with E-state index in [9.17, 15) is 48.3 Å². The largest absolute Gasteiger partial charge is 0.427 e. The molecule has 1 aliphatic rings. The fourth-order valence-electron chi connectivity index (χ4n) is 8.94. The van der Waals surface area contributed by atoms with Gasteiger partial charge >= 0.3 is 5.97 Å². The van der Waals surface area contributed by atoms with Crippen LogP contribution in [-0.4, -0.2) is 136 Å². The number of unbranched alkanes of at least 4 members (excludes halogenated alkanes) is 1. The number of fused-ring (bicyclic) bond motifs is 2. The molecule has 80 heavy (non-hydrogen) atoms. The third-order valence-corrected chi connectivity index (χ3v) is 15.8. The number of aliphatic hydroxyl groups is 1. The van der Waals surface area contributed by atoms with Gasteiger partial charge in [0.25, 0.3) is 0 Å². The second-order valence-electron chi connectivity index (χ2n) is 20.0. The SMILES string of the molecule is CC(=O)Oc1ccc(C[C@@H]2NC(=O)[C@H](NC(=O)[C@H](N)Cc3ccc4ccccc4c3)CSSC[C@H](C(=O)N[C@H](C(N)=O)[C@@H](C)O)NC(=O)[C@H](C(C)C)NC(=O)[C@H](CCCCN)NC(=O)[C@@H](Cc3c[nH]c4ccccc34)NC2=O)cc1. The molecule has 15 N–H and O–H groups in total. The van der Waals surface area contributed by atoms with Crippen molar-refractivity contribution in [1.29, 1.82) is 0 Å². The van der Waals surface area contributed by atoms with Crippen LogP contribution in [0.5, 0.6) is 5.75 Å². The number of esters is 1. The zero-order chi connectivity index (χ0) is 58.0. The first kappa shape index (κ1) is 61.7. The van der Waals surface area contributed by atoms with Gasteiger partial charge in [-0.05, 0) is 90.7 Å². The van der Waals surface area contributed by atoms with Gasteiger partial charge in [-0.25, -0.2) is 0 Å². The monoisotopic (exact) mass is 1140 g/mol. The third kappa shape index (κ3) is 17.7. The maximum atomic E-state index is 15.0. The number of hydrogen-bond donors (Lipinski definition) is 12. The molecule has 0 unspecified atom stereocenters. The van der Waals surface area contributed by atoms with E-state index in [2.05, 4.69) is 42.2 Å². The lowest BCUT2D eigenvalue weighted by Crippen LogP contribution is -2.62. The Bertz CT molecular complexity index is 3010. The quantitative estimate of drug-likeness (QED) is 0.0253. The van der Waals surface area contributed by atoms with Crippen LogP contribution in [0.1, 0.15) is 63.6 Å². The van der Waals surface area contributed by atoms with Gasteiger partial charge in [0.05, 0.1) is 12.1 Å². The van der Waals surface area contributed by atoms with Crippen LogP contribution in [-0.2, 0) is 62.4 Å². The maximum Gasteiger partial charge on any atom is 0.308 e. The Morgan fingerprint density at radius 3 is 2.02 bits per heavy atom. The first-order valence-electron chi connectivity index (χ1n) is 26.3. The van der Waals surface area contributed by atoms with E-state index in [0.717, 1.165) is 48.8 Å². The Balaban J connectivity index is 1.41. The van der Waals surface area contributed by atoms with Gasteiger partial charge in [-0.3, -0.25) is 43.2 Å². The molecule has 2 heterocycles. The molecule has 0 radical (unpaired) electrons. The smallest absolute Gasteiger partial charge is 0.308 e. The minimum Gasteiger partial charge on any atom is -0.427 e. The highest BCUT2D eigenvalue weighted by Gasteiger charge is 2.37. The lowest BCUT2D eigenvalue weighted by Gasteiger charge is -2.29. The summed E-state index contributed by atoms with van der Waals surface area (Å²) < 4.78 is 5.22. The predicted octanol–water partition coefficient (Wildman–Crippen LogP) is 1.04. The molecule has 1 aliphatic heterocycles. The Hall–Kier alpha value is -7.51. The van der Waals surface area contributed by atoms with Crippen LogP contribution in [0, 0.1) is 5.92 Å². The number of ether oxygens (including phenoxy) is 1. The molecular formula is C56H71N11O11S2. The second kappa shape index (κ2) is 29.6. The van der Waals surface area contributed by atoms with Gasteiger partial charge in [-0.2, -0.15) is 0 Å². The summed E-state index contributed by atoms with van der Waals surface area (Å²) in [4.78, 5) is 129. The molecule has 24 heteroatoms. The van der Waals surface area contributed by atoms with E-state index < -0.39 is 114 Å². The molecule has 5 aromatic rings. The lowest BCUT2D eigenvalue weighted by atomic mass is 10.00. The van der Waals surface area contributed by atoms with Crippen molar-refractivity contribution in [2.75, 3.05) is 18.1 Å². The number of H-pyrrole nitrogens is 1. The molecule has 1 saturated heterocycles. The van der Waals surface area contributed by atoms with Crippen LogP contribution < -0.4 is 59.2 Å². The van der Waals surface area contributed by atoms with Crippen LogP contribution in [0.3, 0.4) is 0 Å². The molecule has 0 spiro atoms. The van der Waals surface area contributed by atoms with E-state index >= 15 is 0 Å². The molecule has 0 bridgehead atoms. The first-order valence-corrected chi connectivity index (χ1v) is 28.8. The highest BCUT2D eigenvalue weighted by Crippen LogP contribution is 2.25. The Kier molecular flexibility index (Phi) is 22.9. The number of rotatable bonds is 18. The van der Waals surface area contributed by atoms with Gasteiger partial charge in [0.2, 0.25) is 47.3 Å². The number of carbonyl (C=O) groups is 9. The average molecular weight is 1140 g/mol. The van der Waals surface area contributed by atoms with Crippen LogP contribution in [0.2, 0.25) is 0 Å². The summed E-state index contributed by atoms with van der Waals surface area (Å²) in [6, 6.07) is 15.9. The number of nitrogens with two attached hydrogens (primary N) is 3. The minimum atomic E-state index is -1.56. The molecule has 6 rings (SSSR count). The fraction of sp³-hybridized carbons (Fsp3) is 0.411. The number of hydrogen-bond acceptors (Lipinski definition) is 15. The molecule has 428 valence electrons. The summed E-state index contributed by atoms with van der Waals surface area (Å²) in [5.41, 5.74) is 20.5. The second-order valence-corrected chi connectivity index (χ2v) is 22.6. The molecule has 4 aromatic carbocycles. The molecule has 0 aliphatic carbocycles. The number of aliphatic hydroxyl groups excluding tert-OH is 1. The van der Waals surface area contributed by atoms with Crippen molar-refractivity contribution in [3.05, 3.63) is 114 Å². The van der Waals surface area contributed by atoms with E-state index in [1.165, 1.54) is 26.0 Å². The van der Waals surface area contributed by atoms with Crippen molar-refractivity contribution in [3.63, 3.8) is 0 Å². The lowest BCUT2D eigenvalue weighted by molar-refractivity contribution is -0.136. The van der Waals surface area contributed by atoms with Crippen LogP contribution in [0.25, 0.3) is 21.7 Å². The number of amides is 8. The van der Waals surface area contributed by atoms with E-state index in [4.69, 9.17) is 21.9 Å². The fourth-order valence-corrected chi connectivity index (χ4v) is 11.3. The van der Waals surface area contributed by atoms with Gasteiger partial charge in [-0.1, -0.05) is 108 Å². The molecular weight excluding hydrogens is 1070 g/mol. The van der Waals surface area contributed by atoms with E-state index in [0.29, 0.717) is 24.0 Å². The van der Waals surface area contributed by atoms with Gasteiger partial charge in [0.15, 0.2) is 0 Å². The Labute approximate surface area is 471 Å². The average Bonchev–Trinajstić information content (AvgIpc) is 3.83. The number of aromatic nitrogens is 1. The Morgan fingerprint density at radius 2 is 1.35 bits per heavy atom. The van der Waals surface area contributed by atoms with Crippen molar-refractivity contribution < 1.29 is 53.0 Å². The summed E-state index contributed by atoms with van der Waals surface area (Å²) in [5.74, 6) is -8.08. The standard InChI is InChI=1S/C56H71N11O11S2/c1-30(2)47-56(77)65-46(55(76)67-48(31(3)68)49(59)70)29-80-79-28-45(64-50(71)40(58)24-34-16-19-35-11-5-6-12-36(35)23-34)54(75)62-43(25-33-17-20-38(21-18-33)78-32(4)69)52(73)63-44(26-37-27-60-41-14-8-7-13-39(37)41)53(74)61-42(51(72)66-47)15-9-10-22-57/h5-8,11-14,16-21,23,27,30-31,40,42-48,60,68H,9-10,15,22,24-26,28-29,57-58H2,1-4H3,(H2,59,70)(H,61,74)(H,62,75)(H,63,73)(H,64,71)(H,65,77)(H,66,72)(H,67,76)/t31-,40-,42+,43+,44-,45-,46-,47+,48+/m1/s1. The van der Waals surface area contributed by atoms with Gasteiger partial charge in [-0.15, -0.1) is 0 Å². The molecule has 8 amide bonds. The van der Waals surface area contributed by atoms with Gasteiger partial charge < -0.3 is 69.2 Å². The minimum absolute atomic E-state index is 0.0583. The summed E-state index contributed by atoms with van der Waals surface area (Å²) in [5, 5.41) is 32.0. The Morgan fingerprint density at radius 1 is 0.725 bits per heavy atom. The highest BCUT2D eigenvalue weighted by molar-refractivity contribution is 8.76. The summed E-state index contributed by atoms with van der Waals surface area (Å²) in [7, 11) is 2.01. The van der Waals surface area contributed by atoms with Crippen LogP contribution >= 0.6 is 21.6 Å². The molecule has 1 aromatic heterocycles. The number of primary amides is 1. The van der Waals surface area contributed by atoms with Crippen LogP contribution in [0.4, 0.5) is 0 Å². The third-order valence-electron chi connectivity index (χ3n) is 13.3. The number of nitrogens with one attached hydrogen (secondary N) is 8. The van der Waals surface area contributed by atoms with Crippen molar-refractivity contribution in [1.82, 2.24) is 42.2 Å². The van der Waals surface area contributed by atoms with Crippen molar-refractivity contribution in [2.45, 2.75) is 121 Å². The number of para-hydroxylation sites is 1. The highest BCUT2D eigenvalue weighted by atomic mass is 33.1. The van der Waals surface area contributed by atoms with E-state index in [1.54, 1.807) is 32.2 Å². The predicted molar refractivity (Wildman–Crippen MR) is 306 cm³/mol. The van der Waals surface area contributed by atoms with Gasteiger partial charge in [0, 0.05) is 48.4 Å². The van der Waals surface area contributed by atoms with E-state index in [1.807, 2.05) is 66.7 Å². The first-order chi connectivity index (χ1) is 38.2. The molecule has 1 fully saturated rings. The summed E-state index contributed by atoms with van der Waals surface area (Å²) >= 11 is 0. The van der Waals surface area contributed by atoms with Crippen molar-refractivity contribution in [3.8, 4) is 5.75 Å². The number of aromatic amines is 1. The van der Waals surface area contributed by atoms with Crippen molar-refractivity contribution in [2.24, 2.45) is 23.1 Å². The van der Waals surface area contributed by atoms with Crippen molar-refractivity contribution >= 4 is 96.5 Å².